The Kier molecular flexibility index (Phi) is 6.33. The second kappa shape index (κ2) is 8.87. The van der Waals surface area contributed by atoms with E-state index in [1.54, 1.807) is 19.1 Å². The van der Waals surface area contributed by atoms with Gasteiger partial charge in [0.25, 0.3) is 0 Å². The fraction of sp³-hybridized carbons (Fsp3) is 0.571. The van der Waals surface area contributed by atoms with E-state index < -0.39 is 10.0 Å². The van der Waals surface area contributed by atoms with Crippen molar-refractivity contribution in [1.82, 2.24) is 24.7 Å². The van der Waals surface area contributed by atoms with Crippen LogP contribution in [0.1, 0.15) is 42.6 Å². The molecule has 1 spiro atoms. The van der Waals surface area contributed by atoms with E-state index in [-0.39, 0.29) is 29.7 Å². The molecule has 11 heteroatoms. The molecule has 1 aromatic heterocycles. The molecule has 3 heterocycles. The second-order valence-electron chi connectivity index (χ2n) is 8.87. The lowest BCUT2D eigenvalue weighted by atomic mass is 9.77. The Morgan fingerprint density at radius 3 is 2.56 bits per heavy atom. The third kappa shape index (κ3) is 5.16. The molecule has 32 heavy (non-hydrogen) atoms. The number of hydrogen-bond acceptors (Lipinski definition) is 7. The summed E-state index contributed by atoms with van der Waals surface area (Å²) in [6.07, 6.45) is 3.41. The van der Waals surface area contributed by atoms with Crippen LogP contribution in [0.15, 0.2) is 28.8 Å². The van der Waals surface area contributed by atoms with Crippen LogP contribution in [0.3, 0.4) is 0 Å². The predicted octanol–water partition coefficient (Wildman–Crippen LogP) is 1.62. The lowest BCUT2D eigenvalue weighted by Crippen LogP contribution is -2.44. The predicted molar refractivity (Wildman–Crippen MR) is 114 cm³/mol. The third-order valence-corrected chi connectivity index (χ3v) is 7.74. The Balaban J connectivity index is 1.44. The Bertz CT molecular complexity index is 1060. The maximum atomic E-state index is 13.1. The molecule has 2 aliphatic rings. The first-order valence-corrected chi connectivity index (χ1v) is 12.5. The smallest absolute Gasteiger partial charge is 0.244 e. The molecule has 1 unspecified atom stereocenters. The summed E-state index contributed by atoms with van der Waals surface area (Å²) in [6.45, 7) is 3.82. The molecule has 9 nitrogen and oxygen atoms in total. The molecule has 2 aromatic rings. The quantitative estimate of drug-likeness (QED) is 0.691. The number of sulfonamides is 1. The molecule has 1 amide bonds. The summed E-state index contributed by atoms with van der Waals surface area (Å²) < 4.78 is 43.8. The first-order chi connectivity index (χ1) is 15.1. The number of aromatic nitrogens is 2. The van der Waals surface area contributed by atoms with Crippen LogP contribution in [-0.4, -0.2) is 66.1 Å². The van der Waals surface area contributed by atoms with Gasteiger partial charge in [0.2, 0.25) is 21.8 Å². The highest BCUT2D eigenvalue weighted by Gasteiger charge is 2.48. The zero-order valence-corrected chi connectivity index (χ0v) is 19.1. The number of amides is 1. The number of nitrogens with zero attached hydrogens (tertiary/aromatic N) is 4. The van der Waals surface area contributed by atoms with E-state index in [1.165, 1.54) is 22.7 Å². The van der Waals surface area contributed by atoms with E-state index in [1.807, 2.05) is 4.90 Å². The van der Waals surface area contributed by atoms with Crippen molar-refractivity contribution >= 4 is 15.9 Å². The number of rotatable bonds is 6. The Labute approximate surface area is 187 Å². The van der Waals surface area contributed by atoms with E-state index in [9.17, 15) is 17.6 Å². The first kappa shape index (κ1) is 22.8. The van der Waals surface area contributed by atoms with Gasteiger partial charge in [0, 0.05) is 26.2 Å². The van der Waals surface area contributed by atoms with Gasteiger partial charge < -0.3 is 9.84 Å². The third-order valence-electron chi connectivity index (χ3n) is 6.44. The van der Waals surface area contributed by atoms with Crippen LogP contribution in [0.5, 0.6) is 0 Å². The summed E-state index contributed by atoms with van der Waals surface area (Å²) in [7, 11) is -3.21. The molecular weight excluding hydrogens is 437 g/mol. The van der Waals surface area contributed by atoms with E-state index >= 15 is 0 Å². The first-order valence-electron chi connectivity index (χ1n) is 10.6. The number of piperidine rings is 1. The molecule has 1 N–H and O–H groups in total. The van der Waals surface area contributed by atoms with Crippen LogP contribution in [0.4, 0.5) is 4.39 Å². The topological polar surface area (TPSA) is 109 Å². The number of hydrogen-bond donors (Lipinski definition) is 1. The fourth-order valence-corrected chi connectivity index (χ4v) is 5.55. The minimum atomic E-state index is -3.21. The van der Waals surface area contributed by atoms with Gasteiger partial charge in [-0.2, -0.15) is 4.98 Å². The maximum absolute atomic E-state index is 13.1. The minimum Gasteiger partial charge on any atom is -0.351 e. The van der Waals surface area contributed by atoms with Crippen molar-refractivity contribution < 1.29 is 22.1 Å². The Morgan fingerprint density at radius 2 is 1.97 bits per heavy atom. The lowest BCUT2D eigenvalue weighted by molar-refractivity contribution is -0.122. The van der Waals surface area contributed by atoms with Crippen molar-refractivity contribution in [3.63, 3.8) is 0 Å². The Morgan fingerprint density at radius 1 is 1.28 bits per heavy atom. The van der Waals surface area contributed by atoms with Crippen molar-refractivity contribution in [1.29, 1.82) is 0 Å². The maximum Gasteiger partial charge on any atom is 0.244 e. The van der Waals surface area contributed by atoms with Crippen LogP contribution in [0.2, 0.25) is 0 Å². The monoisotopic (exact) mass is 465 g/mol. The molecule has 2 fully saturated rings. The molecule has 2 saturated heterocycles. The van der Waals surface area contributed by atoms with Crippen LogP contribution in [0, 0.1) is 18.2 Å². The van der Waals surface area contributed by atoms with Crippen molar-refractivity contribution in [2.24, 2.45) is 5.41 Å². The van der Waals surface area contributed by atoms with E-state index in [4.69, 9.17) is 4.52 Å². The molecule has 0 aliphatic carbocycles. The standard InChI is InChI=1S/C21H28FN5O4S/c1-15-24-20(31-25-15)18-11-21(7-9-27(10-8-21)32(2,29)30)14-26(18)13-19(28)23-12-16-3-5-17(22)6-4-16/h3-6,18H,7-14H2,1-2H3,(H,23,28). The van der Waals surface area contributed by atoms with Gasteiger partial charge in [-0.25, -0.2) is 17.1 Å². The molecule has 0 bridgehead atoms. The molecule has 4 rings (SSSR count). The van der Waals surface area contributed by atoms with Crippen molar-refractivity contribution in [3.05, 3.63) is 47.4 Å². The number of halogens is 1. The zero-order valence-electron chi connectivity index (χ0n) is 18.3. The summed E-state index contributed by atoms with van der Waals surface area (Å²) in [6, 6.07) is 5.81. The van der Waals surface area contributed by atoms with Gasteiger partial charge in [-0.15, -0.1) is 0 Å². The fourth-order valence-electron chi connectivity index (χ4n) is 4.70. The summed E-state index contributed by atoms with van der Waals surface area (Å²) in [5.74, 6) is 0.549. The molecule has 174 valence electrons. The van der Waals surface area contributed by atoms with Crippen molar-refractivity contribution in [2.75, 3.05) is 32.4 Å². The number of nitrogens with one attached hydrogen (secondary N) is 1. The SMILES string of the molecule is Cc1noc(C2CC3(CCN(S(C)(=O)=O)CC3)CN2CC(=O)NCc2ccc(F)cc2)n1. The van der Waals surface area contributed by atoms with Crippen LogP contribution in [0.25, 0.3) is 0 Å². The van der Waals surface area contributed by atoms with Gasteiger partial charge in [0.05, 0.1) is 18.8 Å². The Hall–Kier alpha value is -2.37. The highest BCUT2D eigenvalue weighted by molar-refractivity contribution is 7.88. The van der Waals surface area contributed by atoms with Gasteiger partial charge >= 0.3 is 0 Å². The number of carbonyl (C=O) groups is 1. The number of likely N-dealkylation sites (tertiary alicyclic amines) is 1. The van der Waals surface area contributed by atoms with Crippen molar-refractivity contribution in [3.8, 4) is 0 Å². The highest BCUT2D eigenvalue weighted by Crippen LogP contribution is 2.48. The molecular formula is C21H28FN5O4S. The summed E-state index contributed by atoms with van der Waals surface area (Å²) in [4.78, 5) is 19.1. The van der Waals surface area contributed by atoms with Gasteiger partial charge in [-0.05, 0) is 49.3 Å². The minimum absolute atomic E-state index is 0.106. The van der Waals surface area contributed by atoms with Gasteiger partial charge in [-0.1, -0.05) is 17.3 Å². The molecule has 0 saturated carbocycles. The summed E-state index contributed by atoms with van der Waals surface area (Å²) in [5, 5.41) is 6.79. The van der Waals surface area contributed by atoms with Crippen LogP contribution < -0.4 is 5.32 Å². The van der Waals surface area contributed by atoms with E-state index in [0.29, 0.717) is 37.9 Å². The van der Waals surface area contributed by atoms with E-state index in [0.717, 1.165) is 24.8 Å². The van der Waals surface area contributed by atoms with Gasteiger partial charge in [-0.3, -0.25) is 9.69 Å². The van der Waals surface area contributed by atoms with Gasteiger partial charge in [0.1, 0.15) is 5.82 Å². The second-order valence-corrected chi connectivity index (χ2v) is 10.9. The normalized spacial score (nSPS) is 21.8. The molecule has 0 radical (unpaired) electrons. The van der Waals surface area contributed by atoms with Crippen molar-refractivity contribution in [2.45, 2.75) is 38.8 Å². The number of carbonyl (C=O) groups excluding carboxylic acids is 1. The lowest BCUT2D eigenvalue weighted by Gasteiger charge is -2.38. The molecule has 1 atom stereocenters. The number of aryl methyl sites for hydroxylation is 1. The van der Waals surface area contributed by atoms with Crippen LogP contribution >= 0.6 is 0 Å². The average Bonchev–Trinajstić information content (AvgIpc) is 3.31. The van der Waals surface area contributed by atoms with Gasteiger partial charge in [0.15, 0.2) is 5.82 Å². The average molecular weight is 466 g/mol. The highest BCUT2D eigenvalue weighted by atomic mass is 32.2. The summed E-state index contributed by atoms with van der Waals surface area (Å²) in [5.41, 5.74) is 0.709. The van der Waals surface area contributed by atoms with Crippen LogP contribution in [-0.2, 0) is 21.4 Å². The van der Waals surface area contributed by atoms with E-state index in [2.05, 4.69) is 15.5 Å². The molecule has 2 aliphatic heterocycles. The number of benzene rings is 1. The largest absolute Gasteiger partial charge is 0.351 e. The summed E-state index contributed by atoms with van der Waals surface area (Å²) >= 11 is 0. The zero-order chi connectivity index (χ0) is 22.9. The molecule has 1 aromatic carbocycles.